The highest BCUT2D eigenvalue weighted by Gasteiger charge is 2.15. The minimum atomic E-state index is -0.0694. The molecule has 2 aromatic rings. The van der Waals surface area contributed by atoms with Gasteiger partial charge in [0.15, 0.2) is 0 Å². The maximum absolute atomic E-state index is 12.4. The van der Waals surface area contributed by atoms with E-state index in [1.807, 2.05) is 24.3 Å². The first kappa shape index (κ1) is 13.4. The molecule has 0 spiro atoms. The van der Waals surface area contributed by atoms with Crippen LogP contribution in [0, 0.1) is 0 Å². The van der Waals surface area contributed by atoms with Gasteiger partial charge in [0.05, 0.1) is 0 Å². The summed E-state index contributed by atoms with van der Waals surface area (Å²) < 4.78 is 0. The van der Waals surface area contributed by atoms with Crippen molar-refractivity contribution in [3.63, 3.8) is 0 Å². The lowest BCUT2D eigenvalue weighted by molar-refractivity contribution is 0.0993. The van der Waals surface area contributed by atoms with Gasteiger partial charge in [0.1, 0.15) is 7.85 Å². The van der Waals surface area contributed by atoms with Crippen LogP contribution in [0.4, 0.5) is 5.69 Å². The number of carbonyl (C=O) groups excluding carboxylic acids is 1. The van der Waals surface area contributed by atoms with Crippen LogP contribution in [0.15, 0.2) is 48.5 Å². The molecule has 2 radical (unpaired) electrons. The molecule has 0 saturated heterocycles. The molecule has 0 aromatic heterocycles. The molecule has 0 unspecified atom stereocenters. The first-order valence-electron chi connectivity index (χ1n) is 6.05. The molecule has 2 aromatic carbocycles. The van der Waals surface area contributed by atoms with Crippen molar-refractivity contribution in [3.05, 3.63) is 59.7 Å². The van der Waals surface area contributed by atoms with E-state index in [9.17, 15) is 4.79 Å². The van der Waals surface area contributed by atoms with Gasteiger partial charge < -0.3 is 10.6 Å². The largest absolute Gasteiger partial charge is 0.326 e. The van der Waals surface area contributed by atoms with Crippen LogP contribution < -0.4 is 16.1 Å². The predicted octanol–water partition coefficient (Wildman–Crippen LogP) is 1.22. The van der Waals surface area contributed by atoms with E-state index in [-0.39, 0.29) is 5.91 Å². The van der Waals surface area contributed by atoms with Crippen LogP contribution in [-0.2, 0) is 6.54 Å². The molecule has 0 atom stereocenters. The van der Waals surface area contributed by atoms with Crippen molar-refractivity contribution in [2.45, 2.75) is 6.54 Å². The Morgan fingerprint density at radius 2 is 1.89 bits per heavy atom. The molecule has 0 aliphatic rings. The zero-order valence-corrected chi connectivity index (χ0v) is 10.8. The number of hydrogen-bond acceptors (Lipinski definition) is 2. The predicted molar refractivity (Wildman–Crippen MR) is 78.9 cm³/mol. The fourth-order valence-corrected chi connectivity index (χ4v) is 1.98. The highest BCUT2D eigenvalue weighted by atomic mass is 16.2. The summed E-state index contributed by atoms with van der Waals surface area (Å²) >= 11 is 0. The second-order valence-electron chi connectivity index (χ2n) is 4.32. The van der Waals surface area contributed by atoms with Crippen LogP contribution >= 0.6 is 0 Å². The number of carbonyl (C=O) groups is 1. The number of nitrogens with zero attached hydrogens (tertiary/aromatic N) is 1. The molecule has 0 aliphatic heterocycles. The molecule has 94 valence electrons. The number of rotatable bonds is 3. The molecule has 2 N–H and O–H groups in total. The smallest absolute Gasteiger partial charge is 0.258 e. The molecule has 0 saturated carbocycles. The molecular formula is C15H15BN2O. The van der Waals surface area contributed by atoms with Crippen molar-refractivity contribution in [1.82, 2.24) is 0 Å². The van der Waals surface area contributed by atoms with Gasteiger partial charge in [-0.15, -0.1) is 0 Å². The minimum Gasteiger partial charge on any atom is -0.326 e. The van der Waals surface area contributed by atoms with Gasteiger partial charge in [0.2, 0.25) is 0 Å². The highest BCUT2D eigenvalue weighted by Crippen LogP contribution is 2.19. The zero-order chi connectivity index (χ0) is 13.8. The molecule has 4 heteroatoms. The summed E-state index contributed by atoms with van der Waals surface area (Å²) in [4.78, 5) is 13.9. The van der Waals surface area contributed by atoms with E-state index in [1.54, 1.807) is 36.2 Å². The maximum atomic E-state index is 12.4. The second-order valence-corrected chi connectivity index (χ2v) is 4.32. The molecule has 0 aliphatic carbocycles. The normalized spacial score (nSPS) is 10.2. The fraction of sp³-hybridized carbons (Fsp3) is 0.133. The second kappa shape index (κ2) is 5.72. The molecule has 0 fully saturated rings. The van der Waals surface area contributed by atoms with Gasteiger partial charge >= 0.3 is 0 Å². The van der Waals surface area contributed by atoms with Crippen LogP contribution in [0.5, 0.6) is 0 Å². The van der Waals surface area contributed by atoms with Gasteiger partial charge in [0.25, 0.3) is 5.91 Å². The highest BCUT2D eigenvalue weighted by molar-refractivity contribution is 6.32. The van der Waals surface area contributed by atoms with E-state index in [2.05, 4.69) is 0 Å². The van der Waals surface area contributed by atoms with Crippen LogP contribution in [0.2, 0.25) is 0 Å². The summed E-state index contributed by atoms with van der Waals surface area (Å²) in [6.45, 7) is 0.340. The molecule has 3 nitrogen and oxygen atoms in total. The quantitative estimate of drug-likeness (QED) is 0.832. The lowest BCUT2D eigenvalue weighted by Gasteiger charge is -2.21. The summed E-state index contributed by atoms with van der Waals surface area (Å²) in [5.41, 5.74) is 8.63. The first-order valence-corrected chi connectivity index (χ1v) is 6.05. The van der Waals surface area contributed by atoms with E-state index < -0.39 is 0 Å². The standard InChI is InChI=1S/C15H15BN2O/c1-18(15(19)11-5-3-2-4-6-11)14-8-7-13(16)9-12(14)10-17/h2-9H,10,17H2,1H3. The zero-order valence-electron chi connectivity index (χ0n) is 10.8. The van der Waals surface area contributed by atoms with Gasteiger partial charge in [-0.1, -0.05) is 35.8 Å². The lowest BCUT2D eigenvalue weighted by Crippen LogP contribution is -2.28. The first-order chi connectivity index (χ1) is 9.13. The van der Waals surface area contributed by atoms with Crippen molar-refractivity contribution >= 4 is 24.9 Å². The summed E-state index contributed by atoms with van der Waals surface area (Å²) in [5, 5.41) is 0. The number of nitrogens with two attached hydrogens (primary N) is 1. The van der Waals surface area contributed by atoms with Crippen molar-refractivity contribution in [1.29, 1.82) is 0 Å². The van der Waals surface area contributed by atoms with Gasteiger partial charge in [0, 0.05) is 24.8 Å². The van der Waals surface area contributed by atoms with Gasteiger partial charge in [-0.2, -0.15) is 0 Å². The Balaban J connectivity index is 2.34. The fourth-order valence-electron chi connectivity index (χ4n) is 1.98. The topological polar surface area (TPSA) is 46.3 Å². The third-order valence-corrected chi connectivity index (χ3v) is 3.01. The Kier molecular flexibility index (Phi) is 4.02. The van der Waals surface area contributed by atoms with Gasteiger partial charge in [-0.25, -0.2) is 0 Å². The number of hydrogen-bond donors (Lipinski definition) is 1. The average Bonchev–Trinajstić information content (AvgIpc) is 2.46. The van der Waals surface area contributed by atoms with Gasteiger partial charge in [-0.3, -0.25) is 4.79 Å². The third-order valence-electron chi connectivity index (χ3n) is 3.01. The van der Waals surface area contributed by atoms with Crippen LogP contribution in [-0.4, -0.2) is 20.8 Å². The Morgan fingerprint density at radius 3 is 2.53 bits per heavy atom. The summed E-state index contributed by atoms with van der Waals surface area (Å²) in [6, 6.07) is 14.5. The number of amides is 1. The van der Waals surface area contributed by atoms with Crippen LogP contribution in [0.25, 0.3) is 0 Å². The van der Waals surface area contributed by atoms with Gasteiger partial charge in [-0.05, 0) is 23.8 Å². The Bertz CT molecular complexity index is 584. The van der Waals surface area contributed by atoms with E-state index in [0.29, 0.717) is 17.6 Å². The Labute approximate surface area is 114 Å². The minimum absolute atomic E-state index is 0.0694. The van der Waals surface area contributed by atoms with Crippen molar-refractivity contribution in [2.24, 2.45) is 5.73 Å². The molecule has 19 heavy (non-hydrogen) atoms. The molecule has 2 rings (SSSR count). The summed E-state index contributed by atoms with van der Waals surface area (Å²) in [5.74, 6) is -0.0694. The van der Waals surface area contributed by atoms with Crippen molar-refractivity contribution in [3.8, 4) is 0 Å². The van der Waals surface area contributed by atoms with E-state index >= 15 is 0 Å². The number of benzene rings is 2. The summed E-state index contributed by atoms with van der Waals surface area (Å²) in [6.07, 6.45) is 0. The van der Waals surface area contributed by atoms with Crippen molar-refractivity contribution in [2.75, 3.05) is 11.9 Å². The molecule has 1 amide bonds. The Morgan fingerprint density at radius 1 is 1.21 bits per heavy atom. The van der Waals surface area contributed by atoms with E-state index in [4.69, 9.17) is 13.6 Å². The molecule has 0 bridgehead atoms. The molecule has 0 heterocycles. The summed E-state index contributed by atoms with van der Waals surface area (Å²) in [7, 11) is 7.47. The third kappa shape index (κ3) is 2.85. The number of anilines is 1. The maximum Gasteiger partial charge on any atom is 0.258 e. The van der Waals surface area contributed by atoms with E-state index in [1.165, 1.54) is 0 Å². The lowest BCUT2D eigenvalue weighted by atomic mass is 9.93. The average molecular weight is 250 g/mol. The van der Waals surface area contributed by atoms with Crippen LogP contribution in [0.3, 0.4) is 0 Å². The van der Waals surface area contributed by atoms with Crippen LogP contribution in [0.1, 0.15) is 15.9 Å². The monoisotopic (exact) mass is 250 g/mol. The van der Waals surface area contributed by atoms with E-state index in [0.717, 1.165) is 11.3 Å². The molecular weight excluding hydrogens is 235 g/mol. The van der Waals surface area contributed by atoms with Crippen molar-refractivity contribution < 1.29 is 4.79 Å². The SMILES string of the molecule is [B]c1ccc(N(C)C(=O)c2ccccc2)c(CN)c1. The Hall–Kier alpha value is -2.07.